The van der Waals surface area contributed by atoms with E-state index in [4.69, 9.17) is 5.26 Å². The van der Waals surface area contributed by atoms with E-state index >= 15 is 0 Å². The van der Waals surface area contributed by atoms with Crippen LogP contribution in [0.2, 0.25) is 0 Å². The number of nitrogens with zero attached hydrogens (tertiary/aromatic N) is 3. The molecule has 0 saturated heterocycles. The zero-order chi connectivity index (χ0) is 13.9. The van der Waals surface area contributed by atoms with Gasteiger partial charge >= 0.3 is 0 Å². The molecule has 3 rings (SSSR count). The summed E-state index contributed by atoms with van der Waals surface area (Å²) in [5.41, 5.74) is 4.17. The highest BCUT2D eigenvalue weighted by molar-refractivity contribution is 5.37. The Morgan fingerprint density at radius 1 is 1.45 bits per heavy atom. The van der Waals surface area contributed by atoms with Crippen molar-refractivity contribution in [2.75, 3.05) is 0 Å². The molecule has 1 heterocycles. The van der Waals surface area contributed by atoms with Crippen LogP contribution in [-0.2, 0) is 13.1 Å². The minimum atomic E-state index is 0.709. The number of nitrogens with one attached hydrogen (secondary N) is 1. The standard InChI is InChI=1S/C16H18N4/c1-12-6-13(7-17)2-3-14(12)9-20-10-16(19-11-20)8-18-15-4-5-15/h2-3,6,10-11,15,18H,4-5,8-9H2,1H3. The number of benzene rings is 1. The van der Waals surface area contributed by atoms with Crippen molar-refractivity contribution >= 4 is 0 Å². The fourth-order valence-corrected chi connectivity index (χ4v) is 2.26. The number of hydrogen-bond acceptors (Lipinski definition) is 3. The van der Waals surface area contributed by atoms with Crippen molar-refractivity contribution in [1.29, 1.82) is 5.26 Å². The molecule has 0 aliphatic heterocycles. The summed E-state index contributed by atoms with van der Waals surface area (Å²) in [5.74, 6) is 0. The van der Waals surface area contributed by atoms with Crippen LogP contribution in [0.5, 0.6) is 0 Å². The van der Waals surface area contributed by atoms with Gasteiger partial charge in [0.05, 0.1) is 23.7 Å². The maximum absolute atomic E-state index is 8.88. The van der Waals surface area contributed by atoms with Crippen LogP contribution in [0.25, 0.3) is 0 Å². The maximum Gasteiger partial charge on any atom is 0.0991 e. The van der Waals surface area contributed by atoms with E-state index in [1.54, 1.807) is 0 Å². The smallest absolute Gasteiger partial charge is 0.0991 e. The van der Waals surface area contributed by atoms with Gasteiger partial charge in [-0.15, -0.1) is 0 Å². The van der Waals surface area contributed by atoms with Crippen molar-refractivity contribution in [2.24, 2.45) is 0 Å². The van der Waals surface area contributed by atoms with Crippen LogP contribution in [0.15, 0.2) is 30.7 Å². The molecule has 1 aliphatic rings. The second kappa shape index (κ2) is 5.48. The predicted molar refractivity (Wildman–Crippen MR) is 77.1 cm³/mol. The van der Waals surface area contributed by atoms with E-state index in [0.29, 0.717) is 11.6 Å². The monoisotopic (exact) mass is 266 g/mol. The zero-order valence-corrected chi connectivity index (χ0v) is 11.6. The molecule has 0 radical (unpaired) electrons. The number of aromatic nitrogens is 2. The number of nitriles is 1. The first-order chi connectivity index (χ1) is 9.74. The third-order valence-corrected chi connectivity index (χ3v) is 3.66. The van der Waals surface area contributed by atoms with Crippen LogP contribution in [0.4, 0.5) is 0 Å². The van der Waals surface area contributed by atoms with Crippen molar-refractivity contribution in [3.05, 3.63) is 53.1 Å². The van der Waals surface area contributed by atoms with Gasteiger partial charge in [-0.1, -0.05) is 6.07 Å². The van der Waals surface area contributed by atoms with Gasteiger partial charge in [-0.25, -0.2) is 4.98 Å². The Bertz CT molecular complexity index is 647. The van der Waals surface area contributed by atoms with Crippen LogP contribution in [-0.4, -0.2) is 15.6 Å². The van der Waals surface area contributed by atoms with Crippen LogP contribution in [0, 0.1) is 18.3 Å². The second-order valence-corrected chi connectivity index (χ2v) is 5.45. The highest BCUT2D eigenvalue weighted by Crippen LogP contribution is 2.19. The summed E-state index contributed by atoms with van der Waals surface area (Å²) in [7, 11) is 0. The third kappa shape index (κ3) is 3.06. The van der Waals surface area contributed by atoms with E-state index in [1.807, 2.05) is 31.5 Å². The molecule has 2 aromatic rings. The molecular formula is C16H18N4. The number of hydrogen-bond donors (Lipinski definition) is 1. The Hall–Kier alpha value is -2.12. The van der Waals surface area contributed by atoms with Crippen LogP contribution in [0.1, 0.15) is 35.2 Å². The van der Waals surface area contributed by atoms with Gasteiger partial charge in [0.1, 0.15) is 0 Å². The van der Waals surface area contributed by atoms with Crippen molar-refractivity contribution in [1.82, 2.24) is 14.9 Å². The summed E-state index contributed by atoms with van der Waals surface area (Å²) in [5, 5.41) is 12.3. The molecule has 1 N–H and O–H groups in total. The summed E-state index contributed by atoms with van der Waals surface area (Å²) in [4.78, 5) is 4.42. The molecule has 0 atom stereocenters. The molecule has 1 saturated carbocycles. The molecule has 4 heteroatoms. The molecule has 1 aromatic heterocycles. The first-order valence-corrected chi connectivity index (χ1v) is 6.98. The Morgan fingerprint density at radius 3 is 3.00 bits per heavy atom. The van der Waals surface area contributed by atoms with Gasteiger partial charge in [0, 0.05) is 25.3 Å². The number of rotatable bonds is 5. The molecular weight excluding hydrogens is 248 g/mol. The quantitative estimate of drug-likeness (QED) is 0.904. The van der Waals surface area contributed by atoms with Crippen LogP contribution < -0.4 is 5.32 Å². The van der Waals surface area contributed by atoms with Crippen LogP contribution in [0.3, 0.4) is 0 Å². The third-order valence-electron chi connectivity index (χ3n) is 3.66. The summed E-state index contributed by atoms with van der Waals surface area (Å²) in [6.45, 7) is 3.70. The lowest BCUT2D eigenvalue weighted by Gasteiger charge is -2.06. The molecule has 0 spiro atoms. The second-order valence-electron chi connectivity index (χ2n) is 5.45. The van der Waals surface area contributed by atoms with Crippen molar-refractivity contribution in [3.63, 3.8) is 0 Å². The molecule has 4 nitrogen and oxygen atoms in total. The van der Waals surface area contributed by atoms with E-state index < -0.39 is 0 Å². The van der Waals surface area contributed by atoms with Crippen molar-refractivity contribution in [3.8, 4) is 6.07 Å². The van der Waals surface area contributed by atoms with E-state index in [1.165, 1.54) is 18.4 Å². The van der Waals surface area contributed by atoms with Gasteiger partial charge in [-0.05, 0) is 43.0 Å². The van der Waals surface area contributed by atoms with Gasteiger partial charge in [0.15, 0.2) is 0 Å². The average molecular weight is 266 g/mol. The molecule has 20 heavy (non-hydrogen) atoms. The summed E-state index contributed by atoms with van der Waals surface area (Å²) in [6.07, 6.45) is 6.56. The molecule has 0 unspecified atom stereocenters. The maximum atomic E-state index is 8.88. The topological polar surface area (TPSA) is 53.6 Å². The van der Waals surface area contributed by atoms with Gasteiger partial charge in [0.2, 0.25) is 0 Å². The summed E-state index contributed by atoms with van der Waals surface area (Å²) < 4.78 is 2.10. The summed E-state index contributed by atoms with van der Waals surface area (Å²) >= 11 is 0. The molecule has 102 valence electrons. The first kappa shape index (κ1) is 12.9. The van der Waals surface area contributed by atoms with Gasteiger partial charge < -0.3 is 9.88 Å². The van der Waals surface area contributed by atoms with E-state index in [0.717, 1.165) is 24.3 Å². The van der Waals surface area contributed by atoms with Crippen molar-refractivity contribution in [2.45, 2.75) is 38.9 Å². The average Bonchev–Trinajstić information content (AvgIpc) is 3.18. The predicted octanol–water partition coefficient (Wildman–Crippen LogP) is 2.36. The van der Waals surface area contributed by atoms with Gasteiger partial charge in [-0.2, -0.15) is 5.26 Å². The summed E-state index contributed by atoms with van der Waals surface area (Å²) in [6, 6.07) is 8.70. The lowest BCUT2D eigenvalue weighted by Crippen LogP contribution is -2.15. The highest BCUT2D eigenvalue weighted by Gasteiger charge is 2.20. The van der Waals surface area contributed by atoms with E-state index in [2.05, 4.69) is 27.1 Å². The first-order valence-electron chi connectivity index (χ1n) is 6.98. The number of imidazole rings is 1. The lowest BCUT2D eigenvalue weighted by molar-refractivity contribution is 0.676. The Kier molecular flexibility index (Phi) is 3.53. The zero-order valence-electron chi connectivity index (χ0n) is 11.6. The fraction of sp³-hybridized carbons (Fsp3) is 0.375. The molecule has 1 aliphatic carbocycles. The van der Waals surface area contributed by atoms with Gasteiger partial charge in [-0.3, -0.25) is 0 Å². The highest BCUT2D eigenvalue weighted by atomic mass is 15.1. The number of aryl methyl sites for hydroxylation is 1. The largest absolute Gasteiger partial charge is 0.333 e. The lowest BCUT2D eigenvalue weighted by atomic mass is 10.1. The van der Waals surface area contributed by atoms with Crippen LogP contribution >= 0.6 is 0 Å². The Labute approximate surface area is 119 Å². The molecule has 1 fully saturated rings. The molecule has 0 bridgehead atoms. The Morgan fingerprint density at radius 2 is 2.30 bits per heavy atom. The molecule has 0 amide bonds. The van der Waals surface area contributed by atoms with E-state index in [9.17, 15) is 0 Å². The van der Waals surface area contributed by atoms with E-state index in [-0.39, 0.29) is 0 Å². The SMILES string of the molecule is Cc1cc(C#N)ccc1Cn1cnc(CNC2CC2)c1. The minimum Gasteiger partial charge on any atom is -0.333 e. The Balaban J connectivity index is 1.66. The minimum absolute atomic E-state index is 0.709. The van der Waals surface area contributed by atoms with Gasteiger partial charge in [0.25, 0.3) is 0 Å². The fourth-order valence-electron chi connectivity index (χ4n) is 2.26. The normalized spacial score (nSPS) is 14.2. The van der Waals surface area contributed by atoms with Crippen molar-refractivity contribution < 1.29 is 0 Å². The molecule has 1 aromatic carbocycles.